The predicted molar refractivity (Wildman–Crippen MR) is 127 cm³/mol. The van der Waals surface area contributed by atoms with Crippen LogP contribution in [-0.2, 0) is 13.2 Å². The Bertz CT molecular complexity index is 1320. The van der Waals surface area contributed by atoms with Crippen molar-refractivity contribution in [2.75, 3.05) is 5.32 Å². The van der Waals surface area contributed by atoms with Crippen LogP contribution < -0.4 is 10.1 Å². The van der Waals surface area contributed by atoms with E-state index in [1.807, 2.05) is 79.2 Å². The molecule has 0 fully saturated rings. The summed E-state index contributed by atoms with van der Waals surface area (Å²) in [5, 5.41) is 16.6. The first kappa shape index (κ1) is 21.8. The minimum atomic E-state index is -0.205. The number of aromatic nitrogens is 2. The normalized spacial score (nSPS) is 10.5. The topological polar surface area (TPSA) is 79.9 Å². The average Bonchev–Trinajstić information content (AvgIpc) is 3.11. The smallest absolute Gasteiger partial charge is 0.259 e. The number of benzene rings is 3. The molecule has 1 heterocycles. The van der Waals surface area contributed by atoms with Crippen molar-refractivity contribution in [2.45, 2.75) is 27.0 Å². The third kappa shape index (κ3) is 5.28. The Labute approximate surface area is 193 Å². The predicted octanol–water partition coefficient (Wildman–Crippen LogP) is 5.25. The van der Waals surface area contributed by atoms with Gasteiger partial charge in [0.25, 0.3) is 5.91 Å². The number of ether oxygens (including phenoxy) is 1. The van der Waals surface area contributed by atoms with Crippen LogP contribution in [0.3, 0.4) is 0 Å². The quantitative estimate of drug-likeness (QED) is 0.429. The van der Waals surface area contributed by atoms with E-state index in [1.54, 1.807) is 18.2 Å². The lowest BCUT2D eigenvalue weighted by Gasteiger charge is -2.10. The molecule has 0 unspecified atom stereocenters. The third-order valence-corrected chi connectivity index (χ3v) is 5.34. The molecule has 0 radical (unpaired) electrons. The van der Waals surface area contributed by atoms with E-state index in [-0.39, 0.29) is 5.91 Å². The van der Waals surface area contributed by atoms with Crippen molar-refractivity contribution in [1.82, 2.24) is 9.78 Å². The molecule has 0 saturated carbocycles. The van der Waals surface area contributed by atoms with E-state index in [0.29, 0.717) is 41.4 Å². The first-order valence-corrected chi connectivity index (χ1v) is 10.6. The SMILES string of the molecule is Cc1nn(Cc2ccccc2)c(C)c1C(=O)Nc1cccc(OCc2cccc(C#N)c2)c1. The number of nitrogens with one attached hydrogen (secondary N) is 1. The first-order chi connectivity index (χ1) is 16.0. The van der Waals surface area contributed by atoms with Crippen molar-refractivity contribution >= 4 is 11.6 Å². The van der Waals surface area contributed by atoms with Crippen LogP contribution in [0, 0.1) is 25.2 Å². The van der Waals surface area contributed by atoms with Crippen LogP contribution in [0.5, 0.6) is 5.75 Å². The molecule has 0 bridgehead atoms. The van der Waals surface area contributed by atoms with Gasteiger partial charge in [-0.15, -0.1) is 0 Å². The maximum atomic E-state index is 13.0. The van der Waals surface area contributed by atoms with Gasteiger partial charge in [-0.3, -0.25) is 9.48 Å². The Kier molecular flexibility index (Phi) is 6.51. The summed E-state index contributed by atoms with van der Waals surface area (Å²) in [6, 6.07) is 26.7. The molecule has 164 valence electrons. The van der Waals surface area contributed by atoms with Crippen LogP contribution in [0.4, 0.5) is 5.69 Å². The van der Waals surface area contributed by atoms with E-state index in [0.717, 1.165) is 16.8 Å². The third-order valence-electron chi connectivity index (χ3n) is 5.34. The second-order valence-corrected chi connectivity index (χ2v) is 7.77. The molecule has 6 heteroatoms. The maximum Gasteiger partial charge on any atom is 0.259 e. The van der Waals surface area contributed by atoms with Crippen LogP contribution in [-0.4, -0.2) is 15.7 Å². The minimum Gasteiger partial charge on any atom is -0.489 e. The van der Waals surface area contributed by atoms with Crippen molar-refractivity contribution in [3.05, 3.63) is 113 Å². The van der Waals surface area contributed by atoms with Gasteiger partial charge in [0.05, 0.1) is 29.4 Å². The van der Waals surface area contributed by atoms with Crippen LogP contribution in [0.1, 0.15) is 38.4 Å². The largest absolute Gasteiger partial charge is 0.489 e. The summed E-state index contributed by atoms with van der Waals surface area (Å²) in [5.74, 6) is 0.423. The number of carbonyl (C=O) groups excluding carboxylic acids is 1. The zero-order valence-corrected chi connectivity index (χ0v) is 18.6. The number of nitriles is 1. The Morgan fingerprint density at radius 3 is 2.55 bits per heavy atom. The second-order valence-electron chi connectivity index (χ2n) is 7.77. The van der Waals surface area contributed by atoms with Gasteiger partial charge in [0.15, 0.2) is 0 Å². The summed E-state index contributed by atoms with van der Waals surface area (Å²) in [4.78, 5) is 13.0. The number of hydrogen-bond donors (Lipinski definition) is 1. The maximum absolute atomic E-state index is 13.0. The molecule has 3 aromatic carbocycles. The fourth-order valence-corrected chi connectivity index (χ4v) is 3.69. The van der Waals surface area contributed by atoms with Crippen LogP contribution in [0.15, 0.2) is 78.9 Å². The van der Waals surface area contributed by atoms with Gasteiger partial charge in [0.1, 0.15) is 12.4 Å². The molecule has 0 spiro atoms. The minimum absolute atomic E-state index is 0.205. The standard InChI is InChI=1S/C27H24N4O2/c1-19-26(20(2)31(30-19)17-21-8-4-3-5-9-21)27(32)29-24-12-7-13-25(15-24)33-18-23-11-6-10-22(14-23)16-28/h3-15H,17-18H2,1-2H3,(H,29,32). The van der Waals surface area contributed by atoms with E-state index < -0.39 is 0 Å². The van der Waals surface area contributed by atoms with E-state index in [9.17, 15) is 4.79 Å². The summed E-state index contributed by atoms with van der Waals surface area (Å²) in [7, 11) is 0. The highest BCUT2D eigenvalue weighted by atomic mass is 16.5. The lowest BCUT2D eigenvalue weighted by Crippen LogP contribution is -2.14. The fraction of sp³-hybridized carbons (Fsp3) is 0.148. The zero-order chi connectivity index (χ0) is 23.2. The number of nitrogens with zero attached hydrogens (tertiary/aromatic N) is 3. The number of anilines is 1. The molecule has 4 aromatic rings. The molecule has 0 atom stereocenters. The number of aryl methyl sites for hydroxylation is 1. The Morgan fingerprint density at radius 2 is 1.76 bits per heavy atom. The second kappa shape index (κ2) is 9.84. The lowest BCUT2D eigenvalue weighted by molar-refractivity contribution is 0.102. The molecule has 1 N–H and O–H groups in total. The van der Waals surface area contributed by atoms with Gasteiger partial charge >= 0.3 is 0 Å². The van der Waals surface area contributed by atoms with Crippen LogP contribution in [0.25, 0.3) is 0 Å². The van der Waals surface area contributed by atoms with E-state index in [2.05, 4.69) is 16.5 Å². The first-order valence-electron chi connectivity index (χ1n) is 10.6. The van der Waals surface area contributed by atoms with Crippen molar-refractivity contribution < 1.29 is 9.53 Å². The molecule has 6 nitrogen and oxygen atoms in total. The Morgan fingerprint density at radius 1 is 1.00 bits per heavy atom. The van der Waals surface area contributed by atoms with Gasteiger partial charge in [-0.2, -0.15) is 10.4 Å². The Balaban J connectivity index is 1.45. The van der Waals surface area contributed by atoms with E-state index in [1.165, 1.54) is 0 Å². The monoisotopic (exact) mass is 436 g/mol. The molecule has 33 heavy (non-hydrogen) atoms. The number of carbonyl (C=O) groups is 1. The van der Waals surface area contributed by atoms with E-state index in [4.69, 9.17) is 10.00 Å². The highest BCUT2D eigenvalue weighted by Gasteiger charge is 2.19. The molecule has 0 aliphatic heterocycles. The molecule has 0 saturated heterocycles. The number of rotatable bonds is 7. The molecule has 4 rings (SSSR count). The van der Waals surface area contributed by atoms with E-state index >= 15 is 0 Å². The summed E-state index contributed by atoms with van der Waals surface area (Å²) in [6.07, 6.45) is 0. The van der Waals surface area contributed by atoms with Crippen molar-refractivity contribution in [3.8, 4) is 11.8 Å². The van der Waals surface area contributed by atoms with Crippen molar-refractivity contribution in [2.24, 2.45) is 0 Å². The molecule has 1 amide bonds. The molecular formula is C27H24N4O2. The van der Waals surface area contributed by atoms with Crippen LogP contribution >= 0.6 is 0 Å². The van der Waals surface area contributed by atoms with Crippen LogP contribution in [0.2, 0.25) is 0 Å². The Hall–Kier alpha value is -4.37. The average molecular weight is 437 g/mol. The van der Waals surface area contributed by atoms with Crippen molar-refractivity contribution in [1.29, 1.82) is 5.26 Å². The number of hydrogen-bond acceptors (Lipinski definition) is 4. The summed E-state index contributed by atoms with van der Waals surface area (Å²) < 4.78 is 7.72. The zero-order valence-electron chi connectivity index (χ0n) is 18.6. The summed E-state index contributed by atoms with van der Waals surface area (Å²) in [5.41, 5.74) is 5.34. The summed E-state index contributed by atoms with van der Waals surface area (Å²) in [6.45, 7) is 4.69. The molecule has 0 aliphatic rings. The van der Waals surface area contributed by atoms with Gasteiger partial charge in [-0.25, -0.2) is 0 Å². The highest BCUT2D eigenvalue weighted by Crippen LogP contribution is 2.21. The van der Waals surface area contributed by atoms with Crippen molar-refractivity contribution in [3.63, 3.8) is 0 Å². The summed E-state index contributed by atoms with van der Waals surface area (Å²) >= 11 is 0. The molecule has 1 aromatic heterocycles. The van der Waals surface area contributed by atoms with Gasteiger partial charge in [-0.05, 0) is 49.2 Å². The molecular weight excluding hydrogens is 412 g/mol. The van der Waals surface area contributed by atoms with Gasteiger partial charge in [0, 0.05) is 17.4 Å². The van der Waals surface area contributed by atoms with Gasteiger partial charge in [-0.1, -0.05) is 48.5 Å². The fourth-order valence-electron chi connectivity index (χ4n) is 3.69. The molecule has 0 aliphatic carbocycles. The highest BCUT2D eigenvalue weighted by molar-refractivity contribution is 6.05. The lowest BCUT2D eigenvalue weighted by atomic mass is 10.1. The van der Waals surface area contributed by atoms with Gasteiger partial charge in [0.2, 0.25) is 0 Å². The van der Waals surface area contributed by atoms with Gasteiger partial charge < -0.3 is 10.1 Å². The number of amides is 1.